The van der Waals surface area contributed by atoms with E-state index in [2.05, 4.69) is 21.4 Å². The Labute approximate surface area is 166 Å². The second kappa shape index (κ2) is 7.99. The summed E-state index contributed by atoms with van der Waals surface area (Å²) >= 11 is 1.62. The van der Waals surface area contributed by atoms with Gasteiger partial charge in [0.2, 0.25) is 5.91 Å². The van der Waals surface area contributed by atoms with Gasteiger partial charge in [-0.2, -0.15) is 5.26 Å². The van der Waals surface area contributed by atoms with E-state index in [-0.39, 0.29) is 5.91 Å². The average Bonchev–Trinajstić information content (AvgIpc) is 3.17. The zero-order valence-electron chi connectivity index (χ0n) is 14.9. The minimum Gasteiger partial charge on any atom is -0.311 e. The minimum atomic E-state index is -0.0930. The Kier molecular flexibility index (Phi) is 5.09. The summed E-state index contributed by atoms with van der Waals surface area (Å²) in [4.78, 5) is 21.1. The van der Waals surface area contributed by atoms with Crippen molar-refractivity contribution in [3.63, 3.8) is 0 Å². The molecule has 1 amide bonds. The number of nitrogens with one attached hydrogen (secondary N) is 1. The third kappa shape index (κ3) is 4.05. The number of para-hydroxylation sites is 1. The molecule has 0 unspecified atom stereocenters. The molecule has 0 radical (unpaired) electrons. The summed E-state index contributed by atoms with van der Waals surface area (Å²) in [5.41, 5.74) is 3.54. The van der Waals surface area contributed by atoms with Crippen molar-refractivity contribution in [2.24, 2.45) is 0 Å². The van der Waals surface area contributed by atoms with Crippen molar-refractivity contribution < 1.29 is 4.79 Å². The molecule has 2 aromatic carbocycles. The number of nitrogens with zero attached hydrogens (tertiary/aromatic N) is 3. The Hall–Kier alpha value is -3.56. The van der Waals surface area contributed by atoms with Gasteiger partial charge >= 0.3 is 0 Å². The molecule has 2 aromatic heterocycles. The average molecular weight is 384 g/mol. The van der Waals surface area contributed by atoms with Crippen LogP contribution in [0.15, 0.2) is 66.9 Å². The third-order valence-electron chi connectivity index (χ3n) is 4.30. The number of fused-ring (bicyclic) bond motifs is 1. The fraction of sp³-hybridized carbons (Fsp3) is 0.0909. The molecule has 0 aliphatic rings. The van der Waals surface area contributed by atoms with Crippen molar-refractivity contribution in [3.8, 4) is 16.6 Å². The van der Waals surface area contributed by atoms with Crippen LogP contribution >= 0.6 is 11.3 Å². The van der Waals surface area contributed by atoms with Gasteiger partial charge in [0, 0.05) is 18.2 Å². The Morgan fingerprint density at radius 1 is 1.07 bits per heavy atom. The first-order valence-corrected chi connectivity index (χ1v) is 9.64. The second-order valence-corrected chi connectivity index (χ2v) is 7.31. The van der Waals surface area contributed by atoms with Crippen LogP contribution in [0.2, 0.25) is 0 Å². The summed E-state index contributed by atoms with van der Waals surface area (Å²) in [5, 5.41) is 12.5. The molecule has 0 aliphatic heterocycles. The molecule has 0 saturated carbocycles. The number of carbonyl (C=O) groups is 1. The molecule has 0 bridgehead atoms. The maximum atomic E-state index is 12.2. The maximum absolute atomic E-state index is 12.2. The highest BCUT2D eigenvalue weighted by Crippen LogP contribution is 2.29. The monoisotopic (exact) mass is 384 g/mol. The van der Waals surface area contributed by atoms with Gasteiger partial charge in [0.25, 0.3) is 0 Å². The largest absolute Gasteiger partial charge is 0.311 e. The molecule has 2 heterocycles. The molecule has 0 spiro atoms. The van der Waals surface area contributed by atoms with Crippen LogP contribution in [-0.4, -0.2) is 15.9 Å². The van der Waals surface area contributed by atoms with E-state index in [1.807, 2.05) is 42.5 Å². The van der Waals surface area contributed by atoms with Gasteiger partial charge in [0.15, 0.2) is 0 Å². The Morgan fingerprint density at radius 2 is 1.89 bits per heavy atom. The lowest BCUT2D eigenvalue weighted by Crippen LogP contribution is -2.13. The highest BCUT2D eigenvalue weighted by atomic mass is 32.1. The molecule has 4 rings (SSSR count). The van der Waals surface area contributed by atoms with Gasteiger partial charge in [0.1, 0.15) is 10.8 Å². The van der Waals surface area contributed by atoms with Crippen LogP contribution in [0.3, 0.4) is 0 Å². The number of nitriles is 1. The van der Waals surface area contributed by atoms with Gasteiger partial charge < -0.3 is 5.32 Å². The molecular formula is C22H16N4OS. The number of aromatic nitrogens is 2. The summed E-state index contributed by atoms with van der Waals surface area (Å²) < 4.78 is 1.14. The third-order valence-corrected chi connectivity index (χ3v) is 5.38. The predicted octanol–water partition coefficient (Wildman–Crippen LogP) is 4.80. The number of hydrogen-bond acceptors (Lipinski definition) is 5. The van der Waals surface area contributed by atoms with Gasteiger partial charge in [-0.3, -0.25) is 4.79 Å². The minimum absolute atomic E-state index is 0.0930. The van der Waals surface area contributed by atoms with Crippen LogP contribution in [0.25, 0.3) is 20.8 Å². The first-order chi connectivity index (χ1) is 13.7. The van der Waals surface area contributed by atoms with Crippen molar-refractivity contribution in [2.75, 3.05) is 5.32 Å². The lowest BCUT2D eigenvalue weighted by Gasteiger charge is -2.05. The zero-order chi connectivity index (χ0) is 19.3. The van der Waals surface area contributed by atoms with Crippen molar-refractivity contribution >= 4 is 33.3 Å². The number of benzene rings is 2. The zero-order valence-corrected chi connectivity index (χ0v) is 15.7. The van der Waals surface area contributed by atoms with Crippen LogP contribution in [0.1, 0.15) is 17.5 Å². The van der Waals surface area contributed by atoms with E-state index in [1.165, 1.54) is 0 Å². The lowest BCUT2D eigenvalue weighted by molar-refractivity contribution is -0.116. The van der Waals surface area contributed by atoms with E-state index in [9.17, 15) is 4.79 Å². The van der Waals surface area contributed by atoms with Crippen LogP contribution in [0.5, 0.6) is 0 Å². The topological polar surface area (TPSA) is 78.7 Å². The highest BCUT2D eigenvalue weighted by Gasteiger charge is 2.08. The SMILES string of the molecule is N#Cc1ccc(CCC(=O)Nc2ccc(-c3nc4ccccc4s3)cn2)cc1. The van der Waals surface area contributed by atoms with Crippen LogP contribution in [0, 0.1) is 11.3 Å². The lowest BCUT2D eigenvalue weighted by atomic mass is 10.1. The summed E-state index contributed by atoms with van der Waals surface area (Å²) in [7, 11) is 0. The number of rotatable bonds is 5. The van der Waals surface area contributed by atoms with Gasteiger partial charge in [-0.15, -0.1) is 11.3 Å². The highest BCUT2D eigenvalue weighted by molar-refractivity contribution is 7.21. The molecule has 0 fully saturated rings. The predicted molar refractivity (Wildman–Crippen MR) is 111 cm³/mol. The Balaban J connectivity index is 1.37. The Morgan fingerprint density at radius 3 is 2.61 bits per heavy atom. The quantitative estimate of drug-likeness (QED) is 0.536. The van der Waals surface area contributed by atoms with E-state index in [0.29, 0.717) is 24.2 Å². The number of pyridine rings is 1. The van der Waals surface area contributed by atoms with Crippen molar-refractivity contribution in [3.05, 3.63) is 78.0 Å². The summed E-state index contributed by atoms with van der Waals surface area (Å²) in [5.74, 6) is 0.430. The first kappa shape index (κ1) is 17.8. The number of thiazole rings is 1. The van der Waals surface area contributed by atoms with E-state index in [4.69, 9.17) is 5.26 Å². The number of hydrogen-bond donors (Lipinski definition) is 1. The standard InChI is InChI=1S/C22H16N4OS/c23-13-16-7-5-15(6-8-16)9-12-21(27)26-20-11-10-17(14-24-20)22-25-18-3-1-2-4-19(18)28-22/h1-8,10-11,14H,9,12H2,(H,24,26,27). The molecule has 0 saturated heterocycles. The van der Waals surface area contributed by atoms with Gasteiger partial charge in [-0.1, -0.05) is 24.3 Å². The number of carbonyl (C=O) groups excluding carboxylic acids is 1. The van der Waals surface area contributed by atoms with Crippen LogP contribution < -0.4 is 5.32 Å². The maximum Gasteiger partial charge on any atom is 0.225 e. The summed E-state index contributed by atoms with van der Waals surface area (Å²) in [6.45, 7) is 0. The number of amides is 1. The Bertz CT molecular complexity index is 1120. The molecule has 4 aromatic rings. The first-order valence-electron chi connectivity index (χ1n) is 8.82. The number of aryl methyl sites for hydroxylation is 1. The summed E-state index contributed by atoms with van der Waals surface area (Å²) in [6, 6.07) is 21.1. The van der Waals surface area contributed by atoms with Gasteiger partial charge in [-0.25, -0.2) is 9.97 Å². The molecule has 1 N–H and O–H groups in total. The van der Waals surface area contributed by atoms with Crippen molar-refractivity contribution in [1.29, 1.82) is 5.26 Å². The molecule has 6 heteroatoms. The fourth-order valence-electron chi connectivity index (χ4n) is 2.80. The van der Waals surface area contributed by atoms with Crippen molar-refractivity contribution in [2.45, 2.75) is 12.8 Å². The molecule has 136 valence electrons. The number of anilines is 1. The van der Waals surface area contributed by atoms with E-state index in [1.54, 1.807) is 35.7 Å². The molecular weight excluding hydrogens is 368 g/mol. The van der Waals surface area contributed by atoms with E-state index < -0.39 is 0 Å². The van der Waals surface area contributed by atoms with Crippen LogP contribution in [0.4, 0.5) is 5.82 Å². The van der Waals surface area contributed by atoms with Crippen molar-refractivity contribution in [1.82, 2.24) is 9.97 Å². The van der Waals surface area contributed by atoms with E-state index in [0.717, 1.165) is 26.4 Å². The molecule has 28 heavy (non-hydrogen) atoms. The normalized spacial score (nSPS) is 10.5. The molecule has 0 aliphatic carbocycles. The van der Waals surface area contributed by atoms with Crippen LogP contribution in [-0.2, 0) is 11.2 Å². The summed E-state index contributed by atoms with van der Waals surface area (Å²) in [6.07, 6.45) is 2.70. The van der Waals surface area contributed by atoms with E-state index >= 15 is 0 Å². The smallest absolute Gasteiger partial charge is 0.225 e. The molecule has 0 atom stereocenters. The second-order valence-electron chi connectivity index (χ2n) is 6.28. The van der Waals surface area contributed by atoms with Gasteiger partial charge in [0.05, 0.1) is 21.8 Å². The van der Waals surface area contributed by atoms with Gasteiger partial charge in [-0.05, 0) is 48.4 Å². The molecule has 5 nitrogen and oxygen atoms in total. The fourth-order valence-corrected chi connectivity index (χ4v) is 3.75.